The number of aldehydes is 1. The Kier molecular flexibility index (Phi) is 2.63. The van der Waals surface area contributed by atoms with Crippen molar-refractivity contribution in [1.82, 2.24) is 0 Å². The van der Waals surface area contributed by atoms with Crippen molar-refractivity contribution in [2.45, 2.75) is 12.3 Å². The topological polar surface area (TPSA) is 20.3 Å². The van der Waals surface area contributed by atoms with Crippen molar-refractivity contribution in [3.8, 4) is 0 Å². The lowest BCUT2D eigenvalue weighted by molar-refractivity contribution is -0.108. The molecule has 90 valence electrons. The molecular formula is C16H15NO. The van der Waals surface area contributed by atoms with E-state index in [1.807, 2.05) is 24.3 Å². The Morgan fingerprint density at radius 3 is 2.00 bits per heavy atom. The van der Waals surface area contributed by atoms with Gasteiger partial charge in [0.25, 0.3) is 0 Å². The fourth-order valence-corrected chi connectivity index (χ4v) is 2.82. The van der Waals surface area contributed by atoms with E-state index in [0.29, 0.717) is 6.42 Å². The van der Waals surface area contributed by atoms with Crippen LogP contribution in [-0.4, -0.2) is 13.3 Å². The number of hydrogen-bond acceptors (Lipinski definition) is 2. The molecule has 2 aromatic carbocycles. The molecule has 2 aromatic rings. The fourth-order valence-electron chi connectivity index (χ4n) is 2.82. The Morgan fingerprint density at radius 1 is 1.00 bits per heavy atom. The summed E-state index contributed by atoms with van der Waals surface area (Å²) < 4.78 is 0. The second kappa shape index (κ2) is 4.30. The molecule has 3 rings (SSSR count). The second-order valence-electron chi connectivity index (χ2n) is 4.63. The molecule has 0 unspecified atom stereocenters. The number of hydrogen-bond donors (Lipinski definition) is 0. The number of rotatable bonds is 2. The van der Waals surface area contributed by atoms with Crippen LogP contribution in [0.25, 0.3) is 0 Å². The number of nitrogens with zero attached hydrogens (tertiary/aromatic N) is 1. The van der Waals surface area contributed by atoms with Crippen LogP contribution in [0.4, 0.5) is 11.4 Å². The lowest BCUT2D eigenvalue weighted by Crippen LogP contribution is -2.21. The Morgan fingerprint density at radius 2 is 1.50 bits per heavy atom. The van der Waals surface area contributed by atoms with E-state index in [-0.39, 0.29) is 5.92 Å². The minimum atomic E-state index is 0.186. The van der Waals surface area contributed by atoms with E-state index in [1.165, 1.54) is 22.5 Å². The van der Waals surface area contributed by atoms with Crippen LogP contribution in [0.5, 0.6) is 0 Å². The van der Waals surface area contributed by atoms with Crippen LogP contribution >= 0.6 is 0 Å². The highest BCUT2D eigenvalue weighted by Crippen LogP contribution is 2.45. The minimum absolute atomic E-state index is 0.186. The molecule has 2 nitrogen and oxygen atoms in total. The van der Waals surface area contributed by atoms with Gasteiger partial charge in [0.1, 0.15) is 6.29 Å². The molecular weight excluding hydrogens is 222 g/mol. The van der Waals surface area contributed by atoms with Crippen LogP contribution in [0.15, 0.2) is 48.5 Å². The summed E-state index contributed by atoms with van der Waals surface area (Å²) in [5, 5.41) is 0. The Bertz CT molecular complexity index is 544. The number of carbonyl (C=O) groups is 1. The predicted molar refractivity (Wildman–Crippen MR) is 73.5 cm³/mol. The van der Waals surface area contributed by atoms with Gasteiger partial charge in [-0.25, -0.2) is 0 Å². The molecule has 1 aliphatic heterocycles. The third-order valence-electron chi connectivity index (χ3n) is 3.68. The van der Waals surface area contributed by atoms with Gasteiger partial charge < -0.3 is 9.69 Å². The minimum Gasteiger partial charge on any atom is -0.344 e. The lowest BCUT2D eigenvalue weighted by atomic mass is 9.83. The second-order valence-corrected chi connectivity index (χ2v) is 4.63. The average molecular weight is 237 g/mol. The highest BCUT2D eigenvalue weighted by molar-refractivity contribution is 5.76. The SMILES string of the molecule is CN1c2ccccc2C(CC=O)c2ccccc21. The predicted octanol–water partition coefficient (Wildman–Crippen LogP) is 3.49. The van der Waals surface area contributed by atoms with Gasteiger partial charge in [-0.2, -0.15) is 0 Å². The Hall–Kier alpha value is -2.09. The van der Waals surface area contributed by atoms with Gasteiger partial charge in [-0.1, -0.05) is 36.4 Å². The maximum atomic E-state index is 11.0. The summed E-state index contributed by atoms with van der Waals surface area (Å²) in [5.41, 5.74) is 4.88. The van der Waals surface area contributed by atoms with E-state index in [4.69, 9.17) is 0 Å². The third-order valence-corrected chi connectivity index (χ3v) is 3.68. The first-order valence-corrected chi connectivity index (χ1v) is 6.18. The van der Waals surface area contributed by atoms with Crippen LogP contribution in [0.3, 0.4) is 0 Å². The smallest absolute Gasteiger partial charge is 0.120 e. The number of fused-ring (bicyclic) bond motifs is 2. The van der Waals surface area contributed by atoms with E-state index in [9.17, 15) is 4.79 Å². The van der Waals surface area contributed by atoms with Gasteiger partial charge in [-0.3, -0.25) is 0 Å². The van der Waals surface area contributed by atoms with Crippen molar-refractivity contribution in [2.24, 2.45) is 0 Å². The van der Waals surface area contributed by atoms with Gasteiger partial charge in [0.15, 0.2) is 0 Å². The number of benzene rings is 2. The third kappa shape index (κ3) is 1.53. The van der Waals surface area contributed by atoms with Gasteiger partial charge in [0, 0.05) is 30.8 Å². The van der Waals surface area contributed by atoms with Gasteiger partial charge in [0.2, 0.25) is 0 Å². The molecule has 0 atom stereocenters. The van der Waals surface area contributed by atoms with Crippen LogP contribution < -0.4 is 4.90 Å². The molecule has 1 heterocycles. The molecule has 0 saturated heterocycles. The first-order valence-electron chi connectivity index (χ1n) is 6.18. The van der Waals surface area contributed by atoms with Crippen molar-refractivity contribution < 1.29 is 4.79 Å². The summed E-state index contributed by atoms with van der Waals surface area (Å²) in [4.78, 5) is 13.2. The van der Waals surface area contributed by atoms with Gasteiger partial charge in [0.05, 0.1) is 0 Å². The zero-order chi connectivity index (χ0) is 12.5. The molecule has 0 fully saturated rings. The van der Waals surface area contributed by atoms with Gasteiger partial charge in [-0.15, -0.1) is 0 Å². The molecule has 0 radical (unpaired) electrons. The fraction of sp³-hybridized carbons (Fsp3) is 0.188. The molecule has 0 N–H and O–H groups in total. The van der Waals surface area contributed by atoms with E-state index < -0.39 is 0 Å². The number of carbonyl (C=O) groups excluding carboxylic acids is 1. The summed E-state index contributed by atoms with van der Waals surface area (Å²) in [7, 11) is 2.08. The zero-order valence-electron chi connectivity index (χ0n) is 10.3. The molecule has 1 aliphatic rings. The summed E-state index contributed by atoms with van der Waals surface area (Å²) in [6.45, 7) is 0. The van der Waals surface area contributed by atoms with Crippen molar-refractivity contribution in [3.63, 3.8) is 0 Å². The average Bonchev–Trinajstić information content (AvgIpc) is 2.43. The normalized spacial score (nSPS) is 13.9. The molecule has 0 spiro atoms. The van der Waals surface area contributed by atoms with Gasteiger partial charge >= 0.3 is 0 Å². The van der Waals surface area contributed by atoms with E-state index in [1.54, 1.807) is 0 Å². The molecule has 18 heavy (non-hydrogen) atoms. The van der Waals surface area contributed by atoms with Crippen molar-refractivity contribution in [1.29, 1.82) is 0 Å². The Balaban J connectivity index is 2.23. The number of anilines is 2. The first kappa shape index (κ1) is 11.0. The lowest BCUT2D eigenvalue weighted by Gasteiger charge is -2.34. The maximum absolute atomic E-state index is 11.0. The van der Waals surface area contributed by atoms with Crippen molar-refractivity contribution >= 4 is 17.7 Å². The van der Waals surface area contributed by atoms with E-state index in [2.05, 4.69) is 36.2 Å². The zero-order valence-corrected chi connectivity index (χ0v) is 10.3. The standard InChI is InChI=1S/C16H15NO/c1-17-15-8-4-2-6-13(15)12(10-11-18)14-7-3-5-9-16(14)17/h2-9,11-12H,10H2,1H3. The first-order chi connectivity index (χ1) is 8.83. The largest absolute Gasteiger partial charge is 0.344 e. The van der Waals surface area contributed by atoms with Crippen LogP contribution in [0.1, 0.15) is 23.5 Å². The molecule has 0 amide bonds. The quantitative estimate of drug-likeness (QED) is 0.745. The van der Waals surface area contributed by atoms with E-state index >= 15 is 0 Å². The Labute approximate surface area is 107 Å². The van der Waals surface area contributed by atoms with Gasteiger partial charge in [-0.05, 0) is 23.3 Å². The van der Waals surface area contributed by atoms with Crippen molar-refractivity contribution in [2.75, 3.05) is 11.9 Å². The molecule has 2 heteroatoms. The molecule has 0 aliphatic carbocycles. The monoisotopic (exact) mass is 237 g/mol. The summed E-state index contributed by atoms with van der Waals surface area (Å²) in [6, 6.07) is 16.6. The molecule has 0 bridgehead atoms. The maximum Gasteiger partial charge on any atom is 0.120 e. The number of para-hydroxylation sites is 2. The summed E-state index contributed by atoms with van der Waals surface area (Å²) >= 11 is 0. The molecule has 0 aromatic heterocycles. The van der Waals surface area contributed by atoms with Crippen LogP contribution in [0.2, 0.25) is 0 Å². The summed E-state index contributed by atoms with van der Waals surface area (Å²) in [5.74, 6) is 0.186. The highest BCUT2D eigenvalue weighted by Gasteiger charge is 2.27. The van der Waals surface area contributed by atoms with Crippen molar-refractivity contribution in [3.05, 3.63) is 59.7 Å². The van der Waals surface area contributed by atoms with Crippen LogP contribution in [0, 0.1) is 0 Å². The molecule has 0 saturated carbocycles. The van der Waals surface area contributed by atoms with E-state index in [0.717, 1.165) is 6.29 Å². The van der Waals surface area contributed by atoms with Crippen LogP contribution in [-0.2, 0) is 4.79 Å². The highest BCUT2D eigenvalue weighted by atomic mass is 16.1. The summed E-state index contributed by atoms with van der Waals surface area (Å²) in [6.07, 6.45) is 1.56.